The van der Waals surface area contributed by atoms with E-state index in [2.05, 4.69) is 6.08 Å². The van der Waals surface area contributed by atoms with Crippen molar-refractivity contribution in [1.82, 2.24) is 0 Å². The number of allylic oxidation sites excluding steroid dienone is 2. The molecule has 0 saturated heterocycles. The maximum absolute atomic E-state index is 15.1. The summed E-state index contributed by atoms with van der Waals surface area (Å²) in [7, 11) is 0. The fourth-order valence-corrected chi connectivity index (χ4v) is 7.05. The highest BCUT2D eigenvalue weighted by molar-refractivity contribution is 5.68. The zero-order valence-corrected chi connectivity index (χ0v) is 26.6. The minimum atomic E-state index is -1.27. The molecular weight excluding hydrogens is 602 g/mol. The standard InChI is InChI=1S/C38H42F6O2/c1-3-5-22-46-32-21-19-30(36(42)38(32)44)29-17-16-27(33(39)35(29)41)11-8-23-6-9-24(10-7-23)25-12-14-26(15-13-25)28-18-20-31(45-4-2)37(43)34(28)40/h14,16-21,23-25H,3-13,15,22H2,1-2H3. The van der Waals surface area contributed by atoms with Crippen LogP contribution in [0.4, 0.5) is 26.3 Å². The van der Waals surface area contributed by atoms with Crippen LogP contribution in [-0.2, 0) is 6.42 Å². The molecule has 0 spiro atoms. The van der Waals surface area contributed by atoms with Crippen molar-refractivity contribution in [3.05, 3.63) is 88.5 Å². The Balaban J connectivity index is 1.14. The quantitative estimate of drug-likeness (QED) is 0.144. The van der Waals surface area contributed by atoms with Crippen LogP contribution in [0.3, 0.4) is 0 Å². The van der Waals surface area contributed by atoms with Crippen LogP contribution in [0.5, 0.6) is 11.5 Å². The van der Waals surface area contributed by atoms with Gasteiger partial charge in [0.1, 0.15) is 0 Å². The molecule has 248 valence electrons. The van der Waals surface area contributed by atoms with Gasteiger partial charge in [0.05, 0.1) is 13.2 Å². The summed E-state index contributed by atoms with van der Waals surface area (Å²) in [4.78, 5) is 0. The van der Waals surface area contributed by atoms with Gasteiger partial charge in [-0.25, -0.2) is 17.6 Å². The Morgan fingerprint density at radius 3 is 1.87 bits per heavy atom. The van der Waals surface area contributed by atoms with Crippen LogP contribution >= 0.6 is 0 Å². The average Bonchev–Trinajstić information content (AvgIpc) is 3.07. The summed E-state index contributed by atoms with van der Waals surface area (Å²) < 4.78 is 99.1. The summed E-state index contributed by atoms with van der Waals surface area (Å²) in [5.41, 5.74) is 0.710. The summed E-state index contributed by atoms with van der Waals surface area (Å²) >= 11 is 0. The summed E-state index contributed by atoms with van der Waals surface area (Å²) in [6.45, 7) is 4.18. The minimum absolute atomic E-state index is 0.0682. The first kappa shape index (κ1) is 33.9. The van der Waals surface area contributed by atoms with Crippen LogP contribution < -0.4 is 9.47 Å². The van der Waals surface area contributed by atoms with E-state index in [1.165, 1.54) is 30.3 Å². The smallest absolute Gasteiger partial charge is 0.201 e. The number of aryl methyl sites for hydroxylation is 1. The molecule has 46 heavy (non-hydrogen) atoms. The van der Waals surface area contributed by atoms with Gasteiger partial charge in [0.25, 0.3) is 0 Å². The Morgan fingerprint density at radius 1 is 0.630 bits per heavy atom. The fraction of sp³-hybridized carbons (Fsp3) is 0.474. The molecule has 2 aliphatic carbocycles. The Hall–Kier alpha value is -3.42. The molecule has 0 aliphatic heterocycles. The van der Waals surface area contributed by atoms with Crippen molar-refractivity contribution >= 4 is 5.57 Å². The van der Waals surface area contributed by atoms with Crippen molar-refractivity contribution in [1.29, 1.82) is 0 Å². The molecule has 0 aromatic heterocycles. The molecule has 0 bridgehead atoms. The lowest BCUT2D eigenvalue weighted by molar-refractivity contribution is 0.189. The van der Waals surface area contributed by atoms with E-state index in [0.29, 0.717) is 49.0 Å². The van der Waals surface area contributed by atoms with Gasteiger partial charge in [0.2, 0.25) is 11.6 Å². The lowest BCUT2D eigenvalue weighted by Crippen LogP contribution is -2.23. The van der Waals surface area contributed by atoms with Crippen molar-refractivity contribution < 1.29 is 35.8 Å². The Morgan fingerprint density at radius 2 is 1.24 bits per heavy atom. The topological polar surface area (TPSA) is 18.5 Å². The van der Waals surface area contributed by atoms with Gasteiger partial charge in [0, 0.05) is 16.7 Å². The number of rotatable bonds is 12. The Kier molecular flexibility index (Phi) is 11.4. The van der Waals surface area contributed by atoms with Crippen LogP contribution in [0.25, 0.3) is 16.7 Å². The van der Waals surface area contributed by atoms with Crippen molar-refractivity contribution in [2.75, 3.05) is 13.2 Å². The molecule has 2 nitrogen and oxygen atoms in total. The lowest BCUT2D eigenvalue weighted by atomic mass is 9.70. The van der Waals surface area contributed by atoms with E-state index in [-0.39, 0.29) is 41.4 Å². The second-order valence-electron chi connectivity index (χ2n) is 12.6. The third-order valence-electron chi connectivity index (χ3n) is 9.78. The van der Waals surface area contributed by atoms with Gasteiger partial charge in [-0.2, -0.15) is 8.78 Å². The average molecular weight is 645 g/mol. The largest absolute Gasteiger partial charge is 0.491 e. The van der Waals surface area contributed by atoms with Crippen LogP contribution in [0.15, 0.2) is 42.5 Å². The normalized spacial score (nSPS) is 20.0. The molecule has 0 radical (unpaired) electrons. The molecule has 1 saturated carbocycles. The van der Waals surface area contributed by atoms with E-state index in [1.54, 1.807) is 13.0 Å². The van der Waals surface area contributed by atoms with Crippen LogP contribution in [-0.4, -0.2) is 13.2 Å². The molecule has 2 aliphatic rings. The number of ether oxygens (including phenoxy) is 2. The molecule has 3 aromatic carbocycles. The molecule has 5 rings (SSSR count). The first-order chi connectivity index (χ1) is 22.2. The summed E-state index contributed by atoms with van der Waals surface area (Å²) in [5, 5.41) is 0. The Bertz CT molecular complexity index is 1540. The zero-order chi connectivity index (χ0) is 32.8. The third-order valence-corrected chi connectivity index (χ3v) is 9.78. The molecule has 1 fully saturated rings. The predicted molar refractivity (Wildman–Crippen MR) is 169 cm³/mol. The number of unbranched alkanes of at least 4 members (excludes halogenated alkanes) is 1. The summed E-state index contributed by atoms with van der Waals surface area (Å²) in [6.07, 6.45) is 11.2. The van der Waals surface area contributed by atoms with E-state index >= 15 is 8.78 Å². The molecule has 0 amide bonds. The molecule has 0 heterocycles. The molecule has 8 heteroatoms. The molecular formula is C38H42F6O2. The highest BCUT2D eigenvalue weighted by Gasteiger charge is 2.30. The Labute approximate surface area is 267 Å². The number of hydrogen-bond acceptors (Lipinski definition) is 2. The van der Waals surface area contributed by atoms with Gasteiger partial charge in [-0.05, 0) is 111 Å². The maximum atomic E-state index is 15.1. The van der Waals surface area contributed by atoms with E-state index in [1.807, 2.05) is 6.92 Å². The highest BCUT2D eigenvalue weighted by Crippen LogP contribution is 2.43. The number of halogens is 6. The van der Waals surface area contributed by atoms with Gasteiger partial charge >= 0.3 is 0 Å². The summed E-state index contributed by atoms with van der Waals surface area (Å²) in [5.74, 6) is -5.38. The predicted octanol–water partition coefficient (Wildman–Crippen LogP) is 11.4. The SMILES string of the molecule is CCCCOc1ccc(-c2ccc(CCC3CCC(C4CC=C(c5ccc(OCC)c(F)c5F)CC4)CC3)c(F)c2F)c(F)c1F. The molecule has 1 unspecified atom stereocenters. The van der Waals surface area contributed by atoms with E-state index in [9.17, 15) is 17.6 Å². The molecule has 0 N–H and O–H groups in total. The minimum Gasteiger partial charge on any atom is -0.491 e. The van der Waals surface area contributed by atoms with Crippen LogP contribution in [0.2, 0.25) is 0 Å². The van der Waals surface area contributed by atoms with Crippen LogP contribution in [0, 0.1) is 52.7 Å². The van der Waals surface area contributed by atoms with Crippen LogP contribution in [0.1, 0.15) is 89.2 Å². The van der Waals surface area contributed by atoms with E-state index in [4.69, 9.17) is 9.47 Å². The molecule has 3 aromatic rings. The van der Waals surface area contributed by atoms with E-state index < -0.39 is 34.9 Å². The first-order valence-electron chi connectivity index (χ1n) is 16.6. The second-order valence-corrected chi connectivity index (χ2v) is 12.6. The fourth-order valence-electron chi connectivity index (χ4n) is 7.05. The zero-order valence-electron chi connectivity index (χ0n) is 26.6. The van der Waals surface area contributed by atoms with Gasteiger partial charge in [-0.3, -0.25) is 0 Å². The van der Waals surface area contributed by atoms with Crippen molar-refractivity contribution in [2.45, 2.75) is 84.5 Å². The maximum Gasteiger partial charge on any atom is 0.201 e. The second kappa shape index (κ2) is 15.4. The van der Waals surface area contributed by atoms with Gasteiger partial charge in [-0.1, -0.05) is 44.4 Å². The van der Waals surface area contributed by atoms with Crippen molar-refractivity contribution in [2.24, 2.45) is 17.8 Å². The summed E-state index contributed by atoms with van der Waals surface area (Å²) in [6, 6.07) is 8.34. The first-order valence-corrected chi connectivity index (χ1v) is 16.6. The third kappa shape index (κ3) is 7.42. The van der Waals surface area contributed by atoms with Gasteiger partial charge in [-0.15, -0.1) is 0 Å². The number of benzene rings is 3. The monoisotopic (exact) mass is 644 g/mol. The van der Waals surface area contributed by atoms with Crippen molar-refractivity contribution in [3.8, 4) is 22.6 Å². The van der Waals surface area contributed by atoms with Crippen molar-refractivity contribution in [3.63, 3.8) is 0 Å². The van der Waals surface area contributed by atoms with Gasteiger partial charge < -0.3 is 9.47 Å². The molecule has 1 atom stereocenters. The van der Waals surface area contributed by atoms with Gasteiger partial charge in [0.15, 0.2) is 34.8 Å². The number of hydrogen-bond donors (Lipinski definition) is 0. The van der Waals surface area contributed by atoms with E-state index in [0.717, 1.165) is 50.5 Å². The highest BCUT2D eigenvalue weighted by atomic mass is 19.2. The lowest BCUT2D eigenvalue weighted by Gasteiger charge is -2.35.